The van der Waals surface area contributed by atoms with E-state index in [2.05, 4.69) is 16.8 Å². The van der Waals surface area contributed by atoms with Gasteiger partial charge in [0.15, 0.2) is 0 Å². The molecule has 6 heteroatoms. The summed E-state index contributed by atoms with van der Waals surface area (Å²) in [6.45, 7) is 4.38. The molecular weight excluding hydrogens is 260 g/mol. The SMILES string of the molecule is CC(c1nc(CCl)cs1)N1CCOCC1CO. The van der Waals surface area contributed by atoms with Crippen LogP contribution in [0.5, 0.6) is 0 Å². The van der Waals surface area contributed by atoms with E-state index in [1.165, 1.54) is 0 Å². The Hall–Kier alpha value is -0.200. The summed E-state index contributed by atoms with van der Waals surface area (Å²) in [6.07, 6.45) is 0. The summed E-state index contributed by atoms with van der Waals surface area (Å²) >= 11 is 7.39. The highest BCUT2D eigenvalue weighted by atomic mass is 35.5. The summed E-state index contributed by atoms with van der Waals surface area (Å²) in [5, 5.41) is 12.4. The fourth-order valence-corrected chi connectivity index (χ4v) is 3.18. The summed E-state index contributed by atoms with van der Waals surface area (Å²) in [5.41, 5.74) is 0.923. The number of thiazole rings is 1. The molecule has 0 spiro atoms. The number of halogens is 1. The lowest BCUT2D eigenvalue weighted by Crippen LogP contribution is -2.48. The fraction of sp³-hybridized carbons (Fsp3) is 0.727. The van der Waals surface area contributed by atoms with Gasteiger partial charge in [-0.1, -0.05) is 0 Å². The van der Waals surface area contributed by atoms with Crippen molar-refractivity contribution in [1.82, 2.24) is 9.88 Å². The molecule has 96 valence electrons. The van der Waals surface area contributed by atoms with Crippen molar-refractivity contribution in [1.29, 1.82) is 0 Å². The topological polar surface area (TPSA) is 45.6 Å². The van der Waals surface area contributed by atoms with Crippen LogP contribution in [0.3, 0.4) is 0 Å². The normalized spacial score (nSPS) is 23.8. The van der Waals surface area contributed by atoms with Crippen LogP contribution in [0.1, 0.15) is 23.7 Å². The van der Waals surface area contributed by atoms with E-state index >= 15 is 0 Å². The Labute approximate surface area is 110 Å². The van der Waals surface area contributed by atoms with Crippen LogP contribution < -0.4 is 0 Å². The first kappa shape index (κ1) is 13.2. The van der Waals surface area contributed by atoms with E-state index in [9.17, 15) is 5.11 Å². The van der Waals surface area contributed by atoms with Crippen LogP contribution in [0.25, 0.3) is 0 Å². The number of morpholine rings is 1. The number of aliphatic hydroxyl groups is 1. The maximum absolute atomic E-state index is 9.35. The third-order valence-corrected chi connectivity index (χ3v) is 4.38. The number of rotatable bonds is 4. The number of alkyl halides is 1. The quantitative estimate of drug-likeness (QED) is 0.849. The second kappa shape index (κ2) is 6.11. The Morgan fingerprint density at radius 2 is 2.59 bits per heavy atom. The zero-order chi connectivity index (χ0) is 12.3. The van der Waals surface area contributed by atoms with Gasteiger partial charge in [0.2, 0.25) is 0 Å². The second-order valence-electron chi connectivity index (χ2n) is 4.14. The van der Waals surface area contributed by atoms with Crippen molar-refractivity contribution in [2.24, 2.45) is 0 Å². The van der Waals surface area contributed by atoms with Gasteiger partial charge in [0.05, 0.1) is 43.5 Å². The number of nitrogens with zero attached hydrogens (tertiary/aromatic N) is 2. The van der Waals surface area contributed by atoms with E-state index in [0.29, 0.717) is 19.1 Å². The largest absolute Gasteiger partial charge is 0.395 e. The maximum Gasteiger partial charge on any atom is 0.110 e. The molecule has 0 saturated carbocycles. The van der Waals surface area contributed by atoms with E-state index in [1.807, 2.05) is 5.38 Å². The lowest BCUT2D eigenvalue weighted by Gasteiger charge is -2.37. The van der Waals surface area contributed by atoms with Crippen molar-refractivity contribution < 1.29 is 9.84 Å². The van der Waals surface area contributed by atoms with Gasteiger partial charge in [-0.15, -0.1) is 22.9 Å². The molecule has 1 aromatic heterocycles. The molecule has 1 aliphatic heterocycles. The minimum atomic E-state index is 0.0714. The molecule has 0 aromatic carbocycles. The van der Waals surface area contributed by atoms with Gasteiger partial charge in [-0.3, -0.25) is 4.90 Å². The molecule has 1 saturated heterocycles. The molecule has 0 amide bonds. The highest BCUT2D eigenvalue weighted by Gasteiger charge is 2.28. The Bertz CT molecular complexity index is 361. The van der Waals surface area contributed by atoms with Gasteiger partial charge in [-0.2, -0.15) is 0 Å². The highest BCUT2D eigenvalue weighted by Crippen LogP contribution is 2.27. The molecule has 0 aliphatic carbocycles. The number of hydrogen-bond donors (Lipinski definition) is 1. The first-order valence-corrected chi connectivity index (χ1v) is 7.12. The van der Waals surface area contributed by atoms with E-state index in [4.69, 9.17) is 16.3 Å². The third kappa shape index (κ3) is 2.98. The third-order valence-electron chi connectivity index (χ3n) is 3.05. The minimum Gasteiger partial charge on any atom is -0.395 e. The second-order valence-corrected chi connectivity index (χ2v) is 5.29. The zero-order valence-electron chi connectivity index (χ0n) is 9.80. The maximum atomic E-state index is 9.35. The predicted octanol–water partition coefficient (Wildman–Crippen LogP) is 1.64. The average molecular weight is 277 g/mol. The van der Waals surface area contributed by atoms with Crippen LogP contribution in [0, 0.1) is 0 Å². The number of aromatic nitrogens is 1. The van der Waals surface area contributed by atoms with Crippen LogP contribution >= 0.6 is 22.9 Å². The smallest absolute Gasteiger partial charge is 0.110 e. The number of ether oxygens (including phenoxy) is 1. The average Bonchev–Trinajstić information content (AvgIpc) is 2.86. The molecule has 17 heavy (non-hydrogen) atoms. The molecule has 2 atom stereocenters. The summed E-state index contributed by atoms with van der Waals surface area (Å²) in [6, 6.07) is 0.278. The van der Waals surface area contributed by atoms with Gasteiger partial charge >= 0.3 is 0 Å². The van der Waals surface area contributed by atoms with Crippen LogP contribution in [0.4, 0.5) is 0 Å². The Kier molecular flexibility index (Phi) is 4.76. The number of aliphatic hydroxyl groups excluding tert-OH is 1. The van der Waals surface area contributed by atoms with E-state index in [0.717, 1.165) is 17.2 Å². The first-order valence-electron chi connectivity index (χ1n) is 5.71. The molecule has 1 N–H and O–H groups in total. The van der Waals surface area contributed by atoms with E-state index < -0.39 is 0 Å². The van der Waals surface area contributed by atoms with E-state index in [-0.39, 0.29) is 18.7 Å². The van der Waals surface area contributed by atoms with Crippen LogP contribution in [-0.4, -0.2) is 47.4 Å². The molecule has 0 bridgehead atoms. The van der Waals surface area contributed by atoms with Crippen molar-refractivity contribution >= 4 is 22.9 Å². The van der Waals surface area contributed by atoms with Crippen molar-refractivity contribution in [2.45, 2.75) is 24.9 Å². The molecule has 2 unspecified atom stereocenters. The van der Waals surface area contributed by atoms with Crippen LogP contribution in [0.15, 0.2) is 5.38 Å². The highest BCUT2D eigenvalue weighted by molar-refractivity contribution is 7.09. The van der Waals surface area contributed by atoms with Crippen molar-refractivity contribution in [3.63, 3.8) is 0 Å². The molecular formula is C11H17ClN2O2S. The van der Waals surface area contributed by atoms with Crippen molar-refractivity contribution in [3.8, 4) is 0 Å². The van der Waals surface area contributed by atoms with Gasteiger partial charge in [0.1, 0.15) is 5.01 Å². The minimum absolute atomic E-state index is 0.0714. The summed E-state index contributed by atoms with van der Waals surface area (Å²) in [4.78, 5) is 6.75. The zero-order valence-corrected chi connectivity index (χ0v) is 11.4. The van der Waals surface area contributed by atoms with Crippen molar-refractivity contribution in [2.75, 3.05) is 26.4 Å². The summed E-state index contributed by atoms with van der Waals surface area (Å²) in [7, 11) is 0. The molecule has 2 rings (SSSR count). The molecule has 2 heterocycles. The Morgan fingerprint density at radius 1 is 1.76 bits per heavy atom. The number of hydrogen-bond acceptors (Lipinski definition) is 5. The molecule has 1 aliphatic rings. The molecule has 4 nitrogen and oxygen atoms in total. The lowest BCUT2D eigenvalue weighted by molar-refractivity contribution is -0.0447. The van der Waals surface area contributed by atoms with Gasteiger partial charge in [0, 0.05) is 11.9 Å². The monoisotopic (exact) mass is 276 g/mol. The first-order chi connectivity index (χ1) is 8.26. The van der Waals surface area contributed by atoms with Gasteiger partial charge in [0.25, 0.3) is 0 Å². The van der Waals surface area contributed by atoms with Gasteiger partial charge < -0.3 is 9.84 Å². The Morgan fingerprint density at radius 3 is 3.24 bits per heavy atom. The van der Waals surface area contributed by atoms with Gasteiger partial charge in [-0.05, 0) is 6.92 Å². The van der Waals surface area contributed by atoms with Crippen LogP contribution in [-0.2, 0) is 10.6 Å². The lowest BCUT2D eigenvalue weighted by atomic mass is 10.2. The molecule has 0 radical (unpaired) electrons. The summed E-state index contributed by atoms with van der Waals surface area (Å²) < 4.78 is 5.38. The van der Waals surface area contributed by atoms with E-state index in [1.54, 1.807) is 11.3 Å². The molecule has 1 fully saturated rings. The standard InChI is InChI=1S/C11H17ClN2O2S/c1-8(11-13-9(4-12)7-17-11)14-2-3-16-6-10(14)5-15/h7-8,10,15H,2-6H2,1H3. The van der Waals surface area contributed by atoms with Gasteiger partial charge in [-0.25, -0.2) is 4.98 Å². The van der Waals surface area contributed by atoms with Crippen LogP contribution in [0.2, 0.25) is 0 Å². The van der Waals surface area contributed by atoms with Crippen molar-refractivity contribution in [3.05, 3.63) is 16.1 Å². The predicted molar refractivity (Wildman–Crippen MR) is 68.5 cm³/mol. The summed E-state index contributed by atoms with van der Waals surface area (Å²) in [5.74, 6) is 0.454. The Balaban J connectivity index is 2.09. The molecule has 1 aromatic rings. The fourth-order valence-electron chi connectivity index (χ4n) is 2.05.